The van der Waals surface area contributed by atoms with Crippen molar-refractivity contribution in [3.8, 4) is 0 Å². The van der Waals surface area contributed by atoms with Crippen LogP contribution < -0.4 is 5.43 Å². The maximum Gasteiger partial charge on any atom is 0.335 e. The van der Waals surface area contributed by atoms with Gasteiger partial charge in [-0.3, -0.25) is 4.79 Å². The normalized spacial score (nSPS) is 11.0. The second kappa shape index (κ2) is 6.55. The first-order chi connectivity index (χ1) is 11.5. The molecule has 1 aromatic heterocycles. The van der Waals surface area contributed by atoms with Crippen molar-refractivity contribution in [3.63, 3.8) is 0 Å². The zero-order valence-corrected chi connectivity index (χ0v) is 12.9. The highest BCUT2D eigenvalue weighted by atomic mass is 35.5. The van der Waals surface area contributed by atoms with E-state index in [1.165, 1.54) is 18.3 Å². The lowest BCUT2D eigenvalue weighted by molar-refractivity contribution is 0.0696. The van der Waals surface area contributed by atoms with Gasteiger partial charge in [-0.15, -0.1) is 0 Å². The second-order valence-corrected chi connectivity index (χ2v) is 5.36. The highest BCUT2D eigenvalue weighted by Gasteiger charge is 2.11. The number of fused-ring (bicyclic) bond motifs is 1. The summed E-state index contributed by atoms with van der Waals surface area (Å²) in [7, 11) is 0. The van der Waals surface area contributed by atoms with E-state index in [-0.39, 0.29) is 11.3 Å². The third-order valence-corrected chi connectivity index (χ3v) is 3.47. The summed E-state index contributed by atoms with van der Waals surface area (Å²) < 4.78 is 5.42. The molecule has 3 aromatic rings. The summed E-state index contributed by atoms with van der Waals surface area (Å²) >= 11 is 5.89. The fraction of sp³-hybridized carbons (Fsp3) is 0. The molecule has 0 spiro atoms. The second-order valence-electron chi connectivity index (χ2n) is 4.92. The summed E-state index contributed by atoms with van der Waals surface area (Å²) in [5.41, 5.74) is 3.73. The van der Waals surface area contributed by atoms with Crippen molar-refractivity contribution < 1.29 is 19.1 Å². The maximum atomic E-state index is 12.0. The number of hydrogen-bond acceptors (Lipinski definition) is 4. The van der Waals surface area contributed by atoms with Gasteiger partial charge in [0.15, 0.2) is 5.76 Å². The summed E-state index contributed by atoms with van der Waals surface area (Å²) in [5.74, 6) is -1.39. The summed E-state index contributed by atoms with van der Waals surface area (Å²) in [5, 5.41) is 13.9. The van der Waals surface area contributed by atoms with Gasteiger partial charge in [0.2, 0.25) is 0 Å². The van der Waals surface area contributed by atoms with Crippen LogP contribution in [0.2, 0.25) is 5.02 Å². The molecule has 0 bridgehead atoms. The number of aromatic carboxylic acids is 1. The zero-order valence-electron chi connectivity index (χ0n) is 12.2. The number of furan rings is 1. The Morgan fingerprint density at radius 2 is 1.88 bits per heavy atom. The van der Waals surface area contributed by atoms with Crippen molar-refractivity contribution in [1.82, 2.24) is 5.43 Å². The molecule has 0 radical (unpaired) electrons. The van der Waals surface area contributed by atoms with Gasteiger partial charge in [-0.05, 0) is 42.0 Å². The molecule has 0 unspecified atom stereocenters. The molecule has 0 fully saturated rings. The molecular formula is C17H11ClN2O4. The molecule has 24 heavy (non-hydrogen) atoms. The Bertz CT molecular complexity index is 945. The lowest BCUT2D eigenvalue weighted by Gasteiger charge is -1.97. The Kier molecular flexibility index (Phi) is 4.31. The first-order valence-corrected chi connectivity index (χ1v) is 7.26. The van der Waals surface area contributed by atoms with Crippen LogP contribution in [0.15, 0.2) is 58.0 Å². The van der Waals surface area contributed by atoms with Crippen LogP contribution in [0.1, 0.15) is 26.5 Å². The number of carboxylic acids is 1. The van der Waals surface area contributed by atoms with Crippen molar-refractivity contribution >= 4 is 40.7 Å². The molecule has 0 aliphatic carbocycles. The Labute approximate surface area is 141 Å². The highest BCUT2D eigenvalue weighted by molar-refractivity contribution is 6.31. The Balaban J connectivity index is 1.68. The van der Waals surface area contributed by atoms with Crippen molar-refractivity contribution in [1.29, 1.82) is 0 Å². The Morgan fingerprint density at radius 3 is 2.58 bits per heavy atom. The third-order valence-electron chi connectivity index (χ3n) is 3.24. The number of hydrogen-bond donors (Lipinski definition) is 2. The van der Waals surface area contributed by atoms with Gasteiger partial charge < -0.3 is 9.52 Å². The molecule has 0 aliphatic rings. The van der Waals surface area contributed by atoms with E-state index in [1.807, 2.05) is 0 Å². The highest BCUT2D eigenvalue weighted by Crippen LogP contribution is 2.22. The van der Waals surface area contributed by atoms with Gasteiger partial charge in [-0.1, -0.05) is 23.7 Å². The standard InChI is InChI=1S/C17H11ClN2O4/c18-13-5-6-14-12(7-13)8-15(24-14)16(21)20-19-9-10-1-3-11(4-2-10)17(22)23/h1-9H,(H,20,21)(H,22,23)/b19-9+. The van der Waals surface area contributed by atoms with Crippen LogP contribution in [0.5, 0.6) is 0 Å². The van der Waals surface area contributed by atoms with Crippen LogP contribution in [-0.2, 0) is 0 Å². The number of hydrazone groups is 1. The zero-order chi connectivity index (χ0) is 17.1. The van der Waals surface area contributed by atoms with Crippen molar-refractivity contribution in [2.45, 2.75) is 0 Å². The number of nitrogens with one attached hydrogen (secondary N) is 1. The van der Waals surface area contributed by atoms with E-state index in [2.05, 4.69) is 10.5 Å². The lowest BCUT2D eigenvalue weighted by Crippen LogP contribution is -2.16. The van der Waals surface area contributed by atoms with Gasteiger partial charge in [0.1, 0.15) is 5.58 Å². The van der Waals surface area contributed by atoms with Gasteiger partial charge in [-0.2, -0.15) is 5.10 Å². The van der Waals surface area contributed by atoms with E-state index in [9.17, 15) is 9.59 Å². The molecule has 0 saturated carbocycles. The fourth-order valence-corrected chi connectivity index (χ4v) is 2.24. The quantitative estimate of drug-likeness (QED) is 0.560. The van der Waals surface area contributed by atoms with Crippen molar-refractivity contribution in [2.24, 2.45) is 5.10 Å². The summed E-state index contributed by atoms with van der Waals surface area (Å²) in [6.07, 6.45) is 1.41. The van der Waals surface area contributed by atoms with Crippen LogP contribution in [0, 0.1) is 0 Å². The predicted octanol–water partition coefficient (Wildman–Crippen LogP) is 3.55. The first kappa shape index (κ1) is 15.8. The van der Waals surface area contributed by atoms with Crippen LogP contribution in [0.25, 0.3) is 11.0 Å². The number of halogens is 1. The average Bonchev–Trinajstić information content (AvgIpc) is 2.98. The average molecular weight is 343 g/mol. The smallest absolute Gasteiger partial charge is 0.335 e. The van der Waals surface area contributed by atoms with E-state index in [0.717, 1.165) is 5.39 Å². The summed E-state index contributed by atoms with van der Waals surface area (Å²) in [4.78, 5) is 22.8. The minimum Gasteiger partial charge on any atom is -0.478 e. The van der Waals surface area contributed by atoms with Gasteiger partial charge in [0, 0.05) is 10.4 Å². The third kappa shape index (κ3) is 3.44. The Hall–Kier alpha value is -3.12. The van der Waals surface area contributed by atoms with Crippen LogP contribution >= 0.6 is 11.6 Å². The lowest BCUT2D eigenvalue weighted by atomic mass is 10.1. The largest absolute Gasteiger partial charge is 0.478 e. The van der Waals surface area contributed by atoms with Gasteiger partial charge in [0.05, 0.1) is 11.8 Å². The SMILES string of the molecule is O=C(O)c1ccc(/C=N/NC(=O)c2cc3cc(Cl)ccc3o2)cc1. The molecule has 0 aliphatic heterocycles. The minimum absolute atomic E-state index is 0.116. The predicted molar refractivity (Wildman–Crippen MR) is 89.7 cm³/mol. The van der Waals surface area contributed by atoms with Crippen molar-refractivity contribution in [2.75, 3.05) is 0 Å². The van der Waals surface area contributed by atoms with Gasteiger partial charge in [0.25, 0.3) is 0 Å². The monoisotopic (exact) mass is 342 g/mol. The van der Waals surface area contributed by atoms with E-state index in [0.29, 0.717) is 16.2 Å². The maximum absolute atomic E-state index is 12.0. The van der Waals surface area contributed by atoms with Crippen molar-refractivity contribution in [3.05, 3.63) is 70.4 Å². The van der Waals surface area contributed by atoms with E-state index in [4.69, 9.17) is 21.1 Å². The number of carboxylic acid groups (broad SMARTS) is 1. The number of rotatable bonds is 4. The summed E-state index contributed by atoms with van der Waals surface area (Å²) in [6.45, 7) is 0. The first-order valence-electron chi connectivity index (χ1n) is 6.89. The van der Waals surface area contributed by atoms with Gasteiger partial charge in [-0.25, -0.2) is 10.2 Å². The molecule has 0 saturated heterocycles. The van der Waals surface area contributed by atoms with E-state index >= 15 is 0 Å². The molecule has 0 atom stereocenters. The number of carbonyl (C=O) groups excluding carboxylic acids is 1. The molecule has 120 valence electrons. The number of benzene rings is 2. The molecule has 1 heterocycles. The molecule has 2 N–H and O–H groups in total. The van der Waals surface area contributed by atoms with Gasteiger partial charge >= 0.3 is 11.9 Å². The molecular weight excluding hydrogens is 332 g/mol. The Morgan fingerprint density at radius 1 is 1.12 bits per heavy atom. The molecule has 6 nitrogen and oxygen atoms in total. The fourth-order valence-electron chi connectivity index (χ4n) is 2.06. The van der Waals surface area contributed by atoms with E-state index in [1.54, 1.807) is 36.4 Å². The molecule has 7 heteroatoms. The van der Waals surface area contributed by atoms with Crippen LogP contribution in [-0.4, -0.2) is 23.2 Å². The molecule has 3 rings (SSSR count). The number of carbonyl (C=O) groups is 2. The van der Waals surface area contributed by atoms with Crippen LogP contribution in [0.4, 0.5) is 0 Å². The molecule has 1 amide bonds. The van der Waals surface area contributed by atoms with Crippen LogP contribution in [0.3, 0.4) is 0 Å². The minimum atomic E-state index is -1.00. The number of amides is 1. The topological polar surface area (TPSA) is 91.9 Å². The molecule has 2 aromatic carbocycles. The summed E-state index contributed by atoms with van der Waals surface area (Å²) in [6, 6.07) is 12.7. The van der Waals surface area contributed by atoms with E-state index < -0.39 is 11.9 Å². The number of nitrogens with zero attached hydrogens (tertiary/aromatic N) is 1.